The molecular weight excluding hydrogens is 322 g/mol. The van der Waals surface area contributed by atoms with E-state index in [2.05, 4.69) is 4.98 Å². The predicted octanol–water partition coefficient (Wildman–Crippen LogP) is 2.74. The molecular formula is C19H17NO5. The molecule has 3 rings (SSSR count). The van der Waals surface area contributed by atoms with Gasteiger partial charge in [0, 0.05) is 17.8 Å². The maximum atomic E-state index is 11.7. The number of hydrogen-bond acceptors (Lipinski definition) is 5. The molecule has 0 aliphatic carbocycles. The summed E-state index contributed by atoms with van der Waals surface area (Å²) in [5.41, 5.74) is 0.0210. The number of hydrogen-bond donors (Lipinski definition) is 1. The van der Waals surface area contributed by atoms with Gasteiger partial charge < -0.3 is 14.5 Å². The third kappa shape index (κ3) is 3.10. The number of fused-ring (bicyclic) bond motifs is 1. The van der Waals surface area contributed by atoms with Crippen LogP contribution in [0.25, 0.3) is 5.76 Å². The zero-order chi connectivity index (χ0) is 18.2. The first-order valence-electron chi connectivity index (χ1n) is 7.73. The largest absolute Gasteiger partial charge is 0.482 e. The highest BCUT2D eigenvalue weighted by atomic mass is 16.5. The summed E-state index contributed by atoms with van der Waals surface area (Å²) >= 11 is 0. The molecule has 1 aromatic heterocycles. The van der Waals surface area contributed by atoms with Gasteiger partial charge in [0.15, 0.2) is 12.1 Å². The Morgan fingerprint density at radius 1 is 1.24 bits per heavy atom. The fourth-order valence-electron chi connectivity index (χ4n) is 2.68. The molecule has 0 atom stereocenters. The lowest BCUT2D eigenvalue weighted by Crippen LogP contribution is -2.36. The van der Waals surface area contributed by atoms with Crippen molar-refractivity contribution >= 4 is 17.8 Å². The van der Waals surface area contributed by atoms with E-state index in [1.165, 1.54) is 19.2 Å². The Labute approximate surface area is 144 Å². The molecule has 0 amide bonds. The number of aromatic nitrogens is 1. The first-order chi connectivity index (χ1) is 11.8. The van der Waals surface area contributed by atoms with Crippen molar-refractivity contribution < 1.29 is 19.1 Å². The maximum absolute atomic E-state index is 11.7. The minimum atomic E-state index is -0.914. The summed E-state index contributed by atoms with van der Waals surface area (Å²) in [5, 5.41) is 0. The van der Waals surface area contributed by atoms with E-state index in [4.69, 9.17) is 9.47 Å². The first kappa shape index (κ1) is 16.7. The molecule has 1 aliphatic heterocycles. The van der Waals surface area contributed by atoms with Gasteiger partial charge in [-0.2, -0.15) is 0 Å². The predicted molar refractivity (Wildman–Crippen MR) is 91.8 cm³/mol. The Hall–Kier alpha value is -3.15. The summed E-state index contributed by atoms with van der Waals surface area (Å²) in [6, 6.07) is 7.82. The molecule has 0 bridgehead atoms. The van der Waals surface area contributed by atoms with Crippen molar-refractivity contribution in [1.29, 1.82) is 0 Å². The average molecular weight is 339 g/mol. The summed E-state index contributed by atoms with van der Waals surface area (Å²) in [4.78, 5) is 37.4. The van der Waals surface area contributed by atoms with Crippen molar-refractivity contribution in [3.63, 3.8) is 0 Å². The summed E-state index contributed by atoms with van der Waals surface area (Å²) < 4.78 is 11.8. The Bertz CT molecular complexity index is 952. The number of pyridine rings is 1. The van der Waals surface area contributed by atoms with Crippen molar-refractivity contribution in [2.24, 2.45) is 0 Å². The van der Waals surface area contributed by atoms with E-state index in [-0.39, 0.29) is 22.9 Å². The average Bonchev–Trinajstić information content (AvgIpc) is 2.53. The van der Waals surface area contributed by atoms with Crippen LogP contribution in [-0.4, -0.2) is 22.7 Å². The van der Waals surface area contributed by atoms with Crippen molar-refractivity contribution in [1.82, 2.24) is 4.98 Å². The SMILES string of the molecule is CC(=O)c1ccc2c(c1)C(Oc1cc[nH]c(=O)c1)=C(C=O)C(C)(C)O2. The van der Waals surface area contributed by atoms with Crippen LogP contribution in [0, 0.1) is 0 Å². The van der Waals surface area contributed by atoms with Gasteiger partial charge in [-0.3, -0.25) is 14.4 Å². The lowest BCUT2D eigenvalue weighted by atomic mass is 9.90. The highest BCUT2D eigenvalue weighted by Crippen LogP contribution is 2.41. The van der Waals surface area contributed by atoms with Crippen LogP contribution in [0.5, 0.6) is 11.5 Å². The quantitative estimate of drug-likeness (QED) is 0.684. The number of H-pyrrole nitrogens is 1. The number of Topliss-reactive ketones (excluding diaryl/α,β-unsaturated/α-hetero) is 1. The number of nitrogens with one attached hydrogen (secondary N) is 1. The van der Waals surface area contributed by atoms with E-state index < -0.39 is 5.60 Å². The number of ketones is 1. The van der Waals surface area contributed by atoms with Crippen LogP contribution in [0.15, 0.2) is 46.9 Å². The normalized spacial score (nSPS) is 15.2. The number of carbonyl (C=O) groups is 2. The molecule has 128 valence electrons. The number of aldehydes is 1. The van der Waals surface area contributed by atoms with E-state index in [0.717, 1.165) is 0 Å². The van der Waals surface area contributed by atoms with Crippen molar-refractivity contribution in [3.8, 4) is 11.5 Å². The van der Waals surface area contributed by atoms with E-state index >= 15 is 0 Å². The van der Waals surface area contributed by atoms with Crippen LogP contribution in [0.1, 0.15) is 36.7 Å². The van der Waals surface area contributed by atoms with E-state index in [9.17, 15) is 14.4 Å². The van der Waals surface area contributed by atoms with E-state index in [1.54, 1.807) is 38.1 Å². The highest BCUT2D eigenvalue weighted by Gasteiger charge is 2.36. The van der Waals surface area contributed by atoms with Crippen LogP contribution in [0.2, 0.25) is 0 Å². The molecule has 0 saturated carbocycles. The number of ether oxygens (including phenoxy) is 2. The van der Waals surface area contributed by atoms with Gasteiger partial charge in [-0.1, -0.05) is 0 Å². The molecule has 6 nitrogen and oxygen atoms in total. The van der Waals surface area contributed by atoms with E-state index in [1.807, 2.05) is 0 Å². The Morgan fingerprint density at radius 2 is 2.00 bits per heavy atom. The molecule has 6 heteroatoms. The molecule has 0 radical (unpaired) electrons. The Kier molecular flexibility index (Phi) is 4.04. The highest BCUT2D eigenvalue weighted by molar-refractivity contribution is 5.97. The lowest BCUT2D eigenvalue weighted by Gasteiger charge is -2.34. The molecule has 2 heterocycles. The van der Waals surface area contributed by atoms with Gasteiger partial charge in [-0.25, -0.2) is 0 Å². The van der Waals surface area contributed by atoms with Gasteiger partial charge in [-0.15, -0.1) is 0 Å². The fourth-order valence-corrected chi connectivity index (χ4v) is 2.68. The van der Waals surface area contributed by atoms with Gasteiger partial charge >= 0.3 is 0 Å². The van der Waals surface area contributed by atoms with Gasteiger partial charge in [0.05, 0.1) is 11.1 Å². The van der Waals surface area contributed by atoms with Crippen LogP contribution >= 0.6 is 0 Å². The smallest absolute Gasteiger partial charge is 0.251 e. The van der Waals surface area contributed by atoms with E-state index in [0.29, 0.717) is 28.7 Å². The summed E-state index contributed by atoms with van der Waals surface area (Å²) in [6.45, 7) is 4.95. The van der Waals surface area contributed by atoms with Crippen molar-refractivity contribution in [3.05, 3.63) is 63.6 Å². The molecule has 2 aromatic rings. The Morgan fingerprint density at radius 3 is 2.64 bits per heavy atom. The van der Waals surface area contributed by atoms with Crippen LogP contribution in [0.4, 0.5) is 0 Å². The molecule has 1 aliphatic rings. The zero-order valence-corrected chi connectivity index (χ0v) is 14.1. The number of benzene rings is 1. The third-order valence-corrected chi connectivity index (χ3v) is 3.97. The summed E-state index contributed by atoms with van der Waals surface area (Å²) in [6.07, 6.45) is 2.13. The first-order valence-corrected chi connectivity index (χ1v) is 7.73. The van der Waals surface area contributed by atoms with Crippen molar-refractivity contribution in [2.75, 3.05) is 0 Å². The fraction of sp³-hybridized carbons (Fsp3) is 0.211. The lowest BCUT2D eigenvalue weighted by molar-refractivity contribution is -0.106. The number of aromatic amines is 1. The van der Waals surface area contributed by atoms with Gasteiger partial charge in [0.25, 0.3) is 5.56 Å². The molecule has 0 fully saturated rings. The molecule has 25 heavy (non-hydrogen) atoms. The summed E-state index contributed by atoms with van der Waals surface area (Å²) in [5.74, 6) is 0.946. The van der Waals surface area contributed by atoms with Crippen molar-refractivity contribution in [2.45, 2.75) is 26.4 Å². The van der Waals surface area contributed by atoms with Gasteiger partial charge in [0.2, 0.25) is 0 Å². The second kappa shape index (κ2) is 6.05. The number of carbonyl (C=O) groups excluding carboxylic acids is 2. The van der Waals surface area contributed by atoms with Crippen LogP contribution in [0.3, 0.4) is 0 Å². The molecule has 1 aromatic carbocycles. The van der Waals surface area contributed by atoms with Crippen LogP contribution < -0.4 is 15.0 Å². The maximum Gasteiger partial charge on any atom is 0.251 e. The number of rotatable bonds is 4. The zero-order valence-electron chi connectivity index (χ0n) is 14.1. The summed E-state index contributed by atoms with van der Waals surface area (Å²) in [7, 11) is 0. The molecule has 0 saturated heterocycles. The third-order valence-electron chi connectivity index (χ3n) is 3.97. The van der Waals surface area contributed by atoms with Gasteiger partial charge in [0.1, 0.15) is 22.9 Å². The molecule has 0 spiro atoms. The van der Waals surface area contributed by atoms with Crippen LogP contribution in [-0.2, 0) is 4.79 Å². The van der Waals surface area contributed by atoms with Gasteiger partial charge in [-0.05, 0) is 45.0 Å². The monoisotopic (exact) mass is 339 g/mol. The second-order valence-electron chi connectivity index (χ2n) is 6.23. The minimum Gasteiger partial charge on any atom is -0.482 e. The second-order valence-corrected chi connectivity index (χ2v) is 6.23. The Balaban J connectivity index is 2.21. The topological polar surface area (TPSA) is 85.5 Å². The minimum absolute atomic E-state index is 0.115. The molecule has 0 unspecified atom stereocenters. The molecule has 1 N–H and O–H groups in total. The standard InChI is InChI=1S/C19H17NO5/c1-11(22)12-4-5-16-14(8-12)18(15(10-21)19(2,3)25-16)24-13-6-7-20-17(23)9-13/h4-10H,1-3H3,(H,20,23).